The summed E-state index contributed by atoms with van der Waals surface area (Å²) in [5.74, 6) is -0.260. The van der Waals surface area contributed by atoms with Gasteiger partial charge >= 0.3 is 0 Å². The standard InChI is InChI=1S/C15H15ClFN/c1-9-6-14(16)10(2)5-13(9)11-3-4-15(17)12(7-11)8-18/h3-7H,8,18H2,1-2H3. The van der Waals surface area contributed by atoms with E-state index < -0.39 is 0 Å². The van der Waals surface area contributed by atoms with Gasteiger partial charge in [0.15, 0.2) is 0 Å². The van der Waals surface area contributed by atoms with Crippen LogP contribution in [-0.2, 0) is 6.54 Å². The average molecular weight is 264 g/mol. The zero-order valence-corrected chi connectivity index (χ0v) is 11.2. The second-order valence-electron chi connectivity index (χ2n) is 4.43. The van der Waals surface area contributed by atoms with Crippen molar-refractivity contribution in [3.8, 4) is 11.1 Å². The number of hydrogen-bond donors (Lipinski definition) is 1. The molecule has 2 aromatic carbocycles. The first-order valence-electron chi connectivity index (χ1n) is 5.78. The lowest BCUT2D eigenvalue weighted by molar-refractivity contribution is 0.611. The van der Waals surface area contributed by atoms with Crippen LogP contribution in [0.15, 0.2) is 30.3 Å². The van der Waals surface area contributed by atoms with E-state index in [1.807, 2.05) is 26.0 Å². The minimum Gasteiger partial charge on any atom is -0.326 e. The molecule has 0 saturated carbocycles. The van der Waals surface area contributed by atoms with Gasteiger partial charge in [-0.15, -0.1) is 0 Å². The Morgan fingerprint density at radius 3 is 2.50 bits per heavy atom. The fourth-order valence-corrected chi connectivity index (χ4v) is 2.21. The predicted molar refractivity (Wildman–Crippen MR) is 74.2 cm³/mol. The van der Waals surface area contributed by atoms with Gasteiger partial charge in [-0.05, 0) is 60.4 Å². The molecule has 0 aliphatic carbocycles. The fourth-order valence-electron chi connectivity index (χ4n) is 1.99. The molecule has 0 amide bonds. The molecule has 1 nitrogen and oxygen atoms in total. The molecule has 2 N–H and O–H groups in total. The third-order valence-electron chi connectivity index (χ3n) is 3.08. The predicted octanol–water partition coefficient (Wildman–Crippen LogP) is 4.22. The van der Waals surface area contributed by atoms with Crippen LogP contribution >= 0.6 is 11.6 Å². The molecule has 0 bridgehead atoms. The van der Waals surface area contributed by atoms with Crippen LogP contribution in [-0.4, -0.2) is 0 Å². The third kappa shape index (κ3) is 2.40. The molecule has 94 valence electrons. The van der Waals surface area contributed by atoms with Gasteiger partial charge in [-0.2, -0.15) is 0 Å². The van der Waals surface area contributed by atoms with E-state index in [4.69, 9.17) is 17.3 Å². The Kier molecular flexibility index (Phi) is 3.69. The second-order valence-corrected chi connectivity index (χ2v) is 4.83. The summed E-state index contributed by atoms with van der Waals surface area (Å²) in [6.45, 7) is 4.15. The van der Waals surface area contributed by atoms with Gasteiger partial charge < -0.3 is 5.73 Å². The van der Waals surface area contributed by atoms with Crippen LogP contribution in [0.25, 0.3) is 11.1 Å². The molecule has 3 heteroatoms. The Hall–Kier alpha value is -1.38. The van der Waals surface area contributed by atoms with Gasteiger partial charge in [-0.1, -0.05) is 17.7 Å². The Bertz CT molecular complexity index is 593. The van der Waals surface area contributed by atoms with E-state index in [1.165, 1.54) is 6.07 Å². The van der Waals surface area contributed by atoms with E-state index >= 15 is 0 Å². The highest BCUT2D eigenvalue weighted by molar-refractivity contribution is 6.31. The maximum atomic E-state index is 13.4. The summed E-state index contributed by atoms with van der Waals surface area (Å²) in [6.07, 6.45) is 0. The molecule has 0 heterocycles. The lowest BCUT2D eigenvalue weighted by Crippen LogP contribution is -2.00. The molecule has 2 aromatic rings. The molecular formula is C15H15ClFN. The number of aryl methyl sites for hydroxylation is 2. The first-order chi connectivity index (χ1) is 8.52. The minimum atomic E-state index is -0.260. The largest absolute Gasteiger partial charge is 0.326 e. The van der Waals surface area contributed by atoms with Gasteiger partial charge in [-0.3, -0.25) is 0 Å². The number of halogens is 2. The summed E-state index contributed by atoms with van der Waals surface area (Å²) in [6, 6.07) is 8.97. The molecule has 0 aromatic heterocycles. The number of rotatable bonds is 2. The highest BCUT2D eigenvalue weighted by Gasteiger charge is 2.08. The van der Waals surface area contributed by atoms with Crippen LogP contribution in [0.2, 0.25) is 5.02 Å². The first-order valence-corrected chi connectivity index (χ1v) is 6.16. The zero-order chi connectivity index (χ0) is 13.3. The zero-order valence-electron chi connectivity index (χ0n) is 10.4. The lowest BCUT2D eigenvalue weighted by atomic mass is 9.97. The van der Waals surface area contributed by atoms with Crippen LogP contribution in [0.4, 0.5) is 4.39 Å². The summed E-state index contributed by atoms with van der Waals surface area (Å²) in [7, 11) is 0. The van der Waals surface area contributed by atoms with Crippen LogP contribution in [0.1, 0.15) is 16.7 Å². The molecule has 18 heavy (non-hydrogen) atoms. The van der Waals surface area contributed by atoms with Gasteiger partial charge in [0.1, 0.15) is 5.82 Å². The van der Waals surface area contributed by atoms with E-state index in [2.05, 4.69) is 0 Å². The van der Waals surface area contributed by atoms with E-state index in [-0.39, 0.29) is 12.4 Å². The summed E-state index contributed by atoms with van der Waals surface area (Å²) in [4.78, 5) is 0. The highest BCUT2D eigenvalue weighted by atomic mass is 35.5. The topological polar surface area (TPSA) is 26.0 Å². The van der Waals surface area contributed by atoms with E-state index in [0.717, 1.165) is 27.3 Å². The molecule has 0 radical (unpaired) electrons. The van der Waals surface area contributed by atoms with E-state index in [1.54, 1.807) is 12.1 Å². The Morgan fingerprint density at radius 2 is 1.83 bits per heavy atom. The smallest absolute Gasteiger partial charge is 0.127 e. The van der Waals surface area contributed by atoms with E-state index in [9.17, 15) is 4.39 Å². The van der Waals surface area contributed by atoms with Crippen molar-refractivity contribution >= 4 is 11.6 Å². The molecule has 2 rings (SSSR count). The molecule has 0 spiro atoms. The van der Waals surface area contributed by atoms with Crippen molar-refractivity contribution < 1.29 is 4.39 Å². The minimum absolute atomic E-state index is 0.200. The van der Waals surface area contributed by atoms with Gasteiger partial charge in [-0.25, -0.2) is 4.39 Å². The number of benzene rings is 2. The highest BCUT2D eigenvalue weighted by Crippen LogP contribution is 2.29. The lowest BCUT2D eigenvalue weighted by Gasteiger charge is -2.11. The molecule has 0 atom stereocenters. The van der Waals surface area contributed by atoms with Crippen LogP contribution in [0, 0.1) is 19.7 Å². The van der Waals surface area contributed by atoms with Crippen molar-refractivity contribution in [3.63, 3.8) is 0 Å². The molecule has 0 fully saturated rings. The second kappa shape index (κ2) is 5.09. The number of hydrogen-bond acceptors (Lipinski definition) is 1. The van der Waals surface area contributed by atoms with Crippen molar-refractivity contribution in [1.29, 1.82) is 0 Å². The Labute approximate surface area is 111 Å². The maximum absolute atomic E-state index is 13.4. The van der Waals surface area contributed by atoms with Crippen LogP contribution < -0.4 is 5.73 Å². The molecular weight excluding hydrogens is 249 g/mol. The number of nitrogens with two attached hydrogens (primary N) is 1. The van der Waals surface area contributed by atoms with Crippen molar-refractivity contribution in [2.75, 3.05) is 0 Å². The average Bonchev–Trinajstić information content (AvgIpc) is 2.35. The molecule has 0 unspecified atom stereocenters. The summed E-state index contributed by atoms with van der Waals surface area (Å²) >= 11 is 6.08. The molecule has 0 aliphatic heterocycles. The van der Waals surface area contributed by atoms with Gasteiger partial charge in [0.25, 0.3) is 0 Å². The summed E-state index contributed by atoms with van der Waals surface area (Å²) < 4.78 is 13.4. The van der Waals surface area contributed by atoms with Gasteiger partial charge in [0.05, 0.1) is 0 Å². The van der Waals surface area contributed by atoms with Gasteiger partial charge in [0.2, 0.25) is 0 Å². The SMILES string of the molecule is Cc1cc(-c2ccc(F)c(CN)c2)c(C)cc1Cl. The monoisotopic (exact) mass is 263 g/mol. The summed E-state index contributed by atoms with van der Waals surface area (Å²) in [5, 5.41) is 0.748. The normalized spacial score (nSPS) is 10.7. The van der Waals surface area contributed by atoms with Crippen molar-refractivity contribution in [1.82, 2.24) is 0 Å². The van der Waals surface area contributed by atoms with Crippen LogP contribution in [0.3, 0.4) is 0 Å². The van der Waals surface area contributed by atoms with Gasteiger partial charge in [0, 0.05) is 17.1 Å². The van der Waals surface area contributed by atoms with Crippen LogP contribution in [0.5, 0.6) is 0 Å². The Morgan fingerprint density at radius 1 is 1.11 bits per heavy atom. The fraction of sp³-hybridized carbons (Fsp3) is 0.200. The third-order valence-corrected chi connectivity index (χ3v) is 3.49. The van der Waals surface area contributed by atoms with Crippen molar-refractivity contribution in [3.05, 3.63) is 57.9 Å². The maximum Gasteiger partial charge on any atom is 0.127 e. The molecule has 0 aliphatic rings. The molecule has 0 saturated heterocycles. The van der Waals surface area contributed by atoms with Crippen molar-refractivity contribution in [2.45, 2.75) is 20.4 Å². The summed E-state index contributed by atoms with van der Waals surface area (Å²) in [5.41, 5.74) is 10.2. The van der Waals surface area contributed by atoms with E-state index in [0.29, 0.717) is 5.56 Å². The van der Waals surface area contributed by atoms with Crippen molar-refractivity contribution in [2.24, 2.45) is 5.73 Å². The quantitative estimate of drug-likeness (QED) is 0.862. The first kappa shape index (κ1) is 13.1. The Balaban J connectivity index is 2.58.